The lowest BCUT2D eigenvalue weighted by molar-refractivity contribution is -0.143. The van der Waals surface area contributed by atoms with Crippen LogP contribution in [0.2, 0.25) is 0 Å². The predicted octanol–water partition coefficient (Wildman–Crippen LogP) is 2.11. The van der Waals surface area contributed by atoms with Gasteiger partial charge in [-0.3, -0.25) is 14.4 Å². The van der Waals surface area contributed by atoms with Crippen molar-refractivity contribution in [2.75, 3.05) is 13.7 Å². The van der Waals surface area contributed by atoms with E-state index in [0.717, 1.165) is 24.8 Å². The fourth-order valence-electron chi connectivity index (χ4n) is 6.42. The number of carbonyl (C=O) groups excluding carboxylic acids is 3. The Balaban J connectivity index is 1.82. The number of thioether (sulfide) groups is 1. The van der Waals surface area contributed by atoms with Gasteiger partial charge >= 0.3 is 0 Å². The molecule has 3 amide bonds. The van der Waals surface area contributed by atoms with Crippen molar-refractivity contribution >= 4 is 29.5 Å². The van der Waals surface area contributed by atoms with Gasteiger partial charge in [0.2, 0.25) is 17.7 Å². The molecule has 7 nitrogen and oxygen atoms in total. The van der Waals surface area contributed by atoms with Gasteiger partial charge in [0, 0.05) is 18.3 Å². The highest BCUT2D eigenvalue weighted by molar-refractivity contribution is 8.02. The molecule has 1 spiro atoms. The highest BCUT2D eigenvalue weighted by Gasteiger charge is 2.76. The van der Waals surface area contributed by atoms with Gasteiger partial charge in [0.25, 0.3) is 0 Å². The average molecular weight is 474 g/mol. The largest absolute Gasteiger partial charge is 0.394 e. The molecule has 3 aliphatic rings. The summed E-state index contributed by atoms with van der Waals surface area (Å²) < 4.78 is -0.683. The molecule has 33 heavy (non-hydrogen) atoms. The number of benzene rings is 1. The molecule has 1 aromatic rings. The zero-order chi connectivity index (χ0) is 23.9. The molecule has 3 N–H and O–H groups in total. The number of carbonyl (C=O) groups is 3. The molecule has 0 aromatic heterocycles. The van der Waals surface area contributed by atoms with E-state index in [2.05, 4.69) is 24.5 Å². The second-order valence-electron chi connectivity index (χ2n) is 9.72. The topological polar surface area (TPSA) is 98.7 Å². The summed E-state index contributed by atoms with van der Waals surface area (Å²) in [5, 5.41) is 16.3. The van der Waals surface area contributed by atoms with Gasteiger partial charge in [0.1, 0.15) is 6.04 Å². The molecule has 4 rings (SSSR count). The number of hydrogen-bond acceptors (Lipinski definition) is 5. The van der Waals surface area contributed by atoms with Crippen molar-refractivity contribution in [3.8, 4) is 0 Å². The van der Waals surface area contributed by atoms with Gasteiger partial charge in [-0.15, -0.1) is 11.8 Å². The van der Waals surface area contributed by atoms with E-state index in [4.69, 9.17) is 0 Å². The van der Waals surface area contributed by atoms with E-state index in [0.29, 0.717) is 0 Å². The Kier molecular flexibility index (Phi) is 6.78. The average Bonchev–Trinajstić information content (AvgIpc) is 3.39. The molecule has 0 radical (unpaired) electrons. The molecule has 0 aliphatic carbocycles. The molecule has 3 fully saturated rings. The van der Waals surface area contributed by atoms with Crippen LogP contribution in [0.5, 0.6) is 0 Å². The van der Waals surface area contributed by atoms with Crippen molar-refractivity contribution in [2.24, 2.45) is 17.8 Å². The molecule has 3 saturated heterocycles. The molecule has 1 aromatic carbocycles. The zero-order valence-corrected chi connectivity index (χ0v) is 20.6. The minimum Gasteiger partial charge on any atom is -0.394 e. The highest BCUT2D eigenvalue weighted by atomic mass is 32.2. The van der Waals surface area contributed by atoms with Crippen LogP contribution in [0, 0.1) is 17.8 Å². The number of hydrogen-bond donors (Lipinski definition) is 3. The Morgan fingerprint density at radius 3 is 2.58 bits per heavy atom. The second kappa shape index (κ2) is 9.29. The smallest absolute Gasteiger partial charge is 0.244 e. The Hall–Kier alpha value is -2.06. The number of aliphatic hydroxyl groups excluding tert-OH is 1. The molecule has 4 unspecified atom stereocenters. The van der Waals surface area contributed by atoms with Gasteiger partial charge in [0.05, 0.1) is 29.2 Å². The van der Waals surface area contributed by atoms with E-state index in [1.54, 1.807) is 23.7 Å². The van der Waals surface area contributed by atoms with E-state index in [1.165, 1.54) is 0 Å². The van der Waals surface area contributed by atoms with E-state index in [1.807, 2.05) is 37.3 Å². The molecule has 3 heterocycles. The van der Waals surface area contributed by atoms with Crippen LogP contribution in [0.4, 0.5) is 0 Å². The van der Waals surface area contributed by atoms with Crippen LogP contribution in [-0.2, 0) is 14.4 Å². The third kappa shape index (κ3) is 3.66. The summed E-state index contributed by atoms with van der Waals surface area (Å²) in [6.45, 7) is 5.86. The maximum Gasteiger partial charge on any atom is 0.244 e. The van der Waals surface area contributed by atoms with Crippen LogP contribution in [-0.4, -0.2) is 63.5 Å². The zero-order valence-electron chi connectivity index (χ0n) is 19.8. The van der Waals surface area contributed by atoms with E-state index in [-0.39, 0.29) is 41.5 Å². The SMILES string of the molecule is CCCC(C)NC(=O)C1N([C@H](CO)c2ccccc2)C(=O)[C@@H]2[C@@H](C(=O)NC)[C@H]3CC(C)C12S3. The summed E-state index contributed by atoms with van der Waals surface area (Å²) >= 11 is 1.65. The maximum atomic E-state index is 14.1. The van der Waals surface area contributed by atoms with Gasteiger partial charge in [-0.05, 0) is 31.2 Å². The molecule has 2 bridgehead atoms. The van der Waals surface area contributed by atoms with Crippen LogP contribution in [0.1, 0.15) is 51.6 Å². The second-order valence-corrected chi connectivity index (χ2v) is 11.3. The number of nitrogens with zero attached hydrogens (tertiary/aromatic N) is 1. The van der Waals surface area contributed by atoms with Gasteiger partial charge in [-0.2, -0.15) is 0 Å². The first-order valence-electron chi connectivity index (χ1n) is 12.0. The van der Waals surface area contributed by atoms with Gasteiger partial charge in [-0.25, -0.2) is 0 Å². The standard InChI is InChI=1S/C25H35N3O4S/c1-5-9-15(3)27-23(31)21-25-14(2)12-18(33-25)19(22(30)26-4)20(25)24(32)28(21)17(13-29)16-10-7-6-8-11-16/h6-8,10-11,14-15,17-21,29H,5,9,12-13H2,1-4H3,(H,26,30)(H,27,31)/t14?,15?,17-,18-,19+,20+,21?,25?/m1/s1. The van der Waals surface area contributed by atoms with E-state index >= 15 is 0 Å². The van der Waals surface area contributed by atoms with E-state index in [9.17, 15) is 19.5 Å². The molecule has 3 aliphatic heterocycles. The van der Waals surface area contributed by atoms with Crippen LogP contribution < -0.4 is 10.6 Å². The Labute approximate surface area is 200 Å². The lowest BCUT2D eigenvalue weighted by Gasteiger charge is -2.40. The van der Waals surface area contributed by atoms with Crippen molar-refractivity contribution in [1.29, 1.82) is 0 Å². The van der Waals surface area contributed by atoms with Crippen molar-refractivity contribution in [2.45, 2.75) is 68.2 Å². The number of likely N-dealkylation sites (tertiary alicyclic amines) is 1. The number of fused-ring (bicyclic) bond motifs is 1. The monoisotopic (exact) mass is 473 g/mol. The van der Waals surface area contributed by atoms with Gasteiger partial charge in [-0.1, -0.05) is 50.6 Å². The number of rotatable bonds is 8. The fraction of sp³-hybridized carbons (Fsp3) is 0.640. The first kappa shape index (κ1) is 24.1. The summed E-state index contributed by atoms with van der Waals surface area (Å²) in [4.78, 5) is 42.5. The molecular formula is C25H35N3O4S. The Bertz CT molecular complexity index is 912. The van der Waals surface area contributed by atoms with Crippen molar-refractivity contribution in [1.82, 2.24) is 15.5 Å². The fourth-order valence-corrected chi connectivity index (χ4v) is 8.83. The summed E-state index contributed by atoms with van der Waals surface area (Å²) in [6, 6.07) is 7.96. The first-order chi connectivity index (χ1) is 15.8. The third-order valence-electron chi connectivity index (χ3n) is 7.78. The van der Waals surface area contributed by atoms with E-state index < -0.39 is 28.7 Å². The quantitative estimate of drug-likeness (QED) is 0.537. The summed E-state index contributed by atoms with van der Waals surface area (Å²) in [5.74, 6) is -1.46. The molecule has 0 saturated carbocycles. The number of nitrogens with one attached hydrogen (secondary N) is 2. The molecule has 180 valence electrons. The van der Waals surface area contributed by atoms with Crippen molar-refractivity contribution in [3.05, 3.63) is 35.9 Å². The normalized spacial score (nSPS) is 34.2. The number of aliphatic hydroxyl groups is 1. The first-order valence-corrected chi connectivity index (χ1v) is 12.9. The van der Waals surface area contributed by atoms with Gasteiger partial charge in [0.15, 0.2) is 0 Å². The lowest BCUT2D eigenvalue weighted by atomic mass is 9.66. The number of amides is 3. The van der Waals surface area contributed by atoms with Crippen molar-refractivity contribution < 1.29 is 19.5 Å². The lowest BCUT2D eigenvalue weighted by Crippen LogP contribution is -2.58. The summed E-state index contributed by atoms with van der Waals surface area (Å²) in [7, 11) is 1.60. The summed E-state index contributed by atoms with van der Waals surface area (Å²) in [6.07, 6.45) is 2.58. The van der Waals surface area contributed by atoms with Crippen LogP contribution in [0.25, 0.3) is 0 Å². The van der Waals surface area contributed by atoms with Crippen LogP contribution in [0.3, 0.4) is 0 Å². The Morgan fingerprint density at radius 2 is 1.97 bits per heavy atom. The highest BCUT2D eigenvalue weighted by Crippen LogP contribution is 2.69. The third-order valence-corrected chi connectivity index (χ3v) is 9.86. The molecule has 8 heteroatoms. The minimum absolute atomic E-state index is 0.0173. The van der Waals surface area contributed by atoms with Crippen LogP contribution >= 0.6 is 11.8 Å². The van der Waals surface area contributed by atoms with Crippen molar-refractivity contribution in [3.63, 3.8) is 0 Å². The molecular weight excluding hydrogens is 438 g/mol. The summed E-state index contributed by atoms with van der Waals surface area (Å²) in [5.41, 5.74) is 0.785. The van der Waals surface area contributed by atoms with Crippen LogP contribution in [0.15, 0.2) is 30.3 Å². The predicted molar refractivity (Wildman–Crippen MR) is 128 cm³/mol. The molecule has 8 atom stereocenters. The minimum atomic E-state index is -0.744. The Morgan fingerprint density at radius 1 is 1.27 bits per heavy atom. The van der Waals surface area contributed by atoms with Gasteiger partial charge < -0.3 is 20.6 Å². The maximum absolute atomic E-state index is 14.1.